The van der Waals surface area contributed by atoms with Crippen molar-refractivity contribution in [3.8, 4) is 0 Å². The van der Waals surface area contributed by atoms with Gasteiger partial charge >= 0.3 is 0 Å². The van der Waals surface area contributed by atoms with E-state index < -0.39 is 0 Å². The smallest absolute Gasteiger partial charge is 0.217 e. The first-order valence-corrected chi connectivity index (χ1v) is 8.13. The zero-order valence-electron chi connectivity index (χ0n) is 13.5. The number of hydrogen-bond acceptors (Lipinski definition) is 1. The molecule has 2 aromatic carbocycles. The van der Waals surface area contributed by atoms with Gasteiger partial charge in [0.2, 0.25) is 5.91 Å². The highest BCUT2D eigenvalue weighted by Gasteiger charge is 2.12. The zero-order chi connectivity index (χ0) is 15.8. The fourth-order valence-electron chi connectivity index (χ4n) is 2.71. The lowest BCUT2D eigenvalue weighted by atomic mass is 9.98. The van der Waals surface area contributed by atoms with E-state index in [4.69, 9.17) is 0 Å². The third-order valence-electron chi connectivity index (χ3n) is 3.82. The van der Waals surface area contributed by atoms with Gasteiger partial charge in [-0.1, -0.05) is 74.4 Å². The Morgan fingerprint density at radius 2 is 1.91 bits per heavy atom. The minimum atomic E-state index is -0.0646. The van der Waals surface area contributed by atoms with Gasteiger partial charge in [-0.25, -0.2) is 0 Å². The number of fused-ring (bicyclic) bond motifs is 1. The Kier molecular flexibility index (Phi) is 6.20. The summed E-state index contributed by atoms with van der Waals surface area (Å²) in [4.78, 5) is 11.6. The molecule has 0 saturated carbocycles. The van der Waals surface area contributed by atoms with E-state index in [2.05, 4.69) is 54.7 Å². The van der Waals surface area contributed by atoms with E-state index in [1.165, 1.54) is 30.0 Å². The predicted octanol–water partition coefficient (Wildman–Crippen LogP) is 5.15. The number of nitrogens with one attached hydrogen (secondary N) is 1. The van der Waals surface area contributed by atoms with Crippen molar-refractivity contribution in [2.75, 3.05) is 0 Å². The number of carbonyl (C=O) groups excluding carboxylic acids is 1. The molecule has 0 fully saturated rings. The van der Waals surface area contributed by atoms with Crippen LogP contribution in [0.3, 0.4) is 0 Å². The maximum absolute atomic E-state index is 11.6. The third kappa shape index (κ3) is 4.45. The second-order valence-corrected chi connectivity index (χ2v) is 5.67. The fraction of sp³-hybridized carbons (Fsp3) is 0.350. The van der Waals surface area contributed by atoms with Gasteiger partial charge in [-0.15, -0.1) is 0 Å². The number of carbonyl (C=O) groups is 1. The molecule has 22 heavy (non-hydrogen) atoms. The molecule has 0 heterocycles. The molecule has 116 valence electrons. The Labute approximate surface area is 133 Å². The molecular formula is C20H25NO. The summed E-state index contributed by atoms with van der Waals surface area (Å²) in [5.74, 6) is -0.00357. The molecule has 2 rings (SSSR count). The molecule has 0 aliphatic heterocycles. The molecule has 0 saturated heterocycles. The Balaban J connectivity index is 2.25. The number of amides is 1. The van der Waals surface area contributed by atoms with Gasteiger partial charge < -0.3 is 5.32 Å². The number of unbranched alkanes of at least 4 members (excludes halogenated alkanes) is 3. The summed E-state index contributed by atoms with van der Waals surface area (Å²) >= 11 is 0. The van der Waals surface area contributed by atoms with Crippen molar-refractivity contribution < 1.29 is 4.79 Å². The van der Waals surface area contributed by atoms with E-state index in [0.717, 1.165) is 12.0 Å². The van der Waals surface area contributed by atoms with E-state index in [0.29, 0.717) is 0 Å². The first kappa shape index (κ1) is 16.3. The van der Waals surface area contributed by atoms with Crippen molar-refractivity contribution in [2.45, 2.75) is 45.6 Å². The number of allylic oxidation sites excluding steroid dienone is 1. The summed E-state index contributed by atoms with van der Waals surface area (Å²) in [6, 6.07) is 14.5. The van der Waals surface area contributed by atoms with Crippen LogP contribution in [-0.2, 0) is 4.79 Å². The Hall–Kier alpha value is -2.09. The van der Waals surface area contributed by atoms with Gasteiger partial charge in [0.15, 0.2) is 0 Å². The average molecular weight is 295 g/mol. The summed E-state index contributed by atoms with van der Waals surface area (Å²) in [5.41, 5.74) is 1.15. The van der Waals surface area contributed by atoms with Crippen LogP contribution in [0.4, 0.5) is 0 Å². The third-order valence-corrected chi connectivity index (χ3v) is 3.82. The minimum Gasteiger partial charge on any atom is -0.346 e. The van der Waals surface area contributed by atoms with Gasteiger partial charge in [-0.3, -0.25) is 4.79 Å². The van der Waals surface area contributed by atoms with Gasteiger partial charge in [-0.05, 0) is 29.2 Å². The Bertz CT molecular complexity index is 640. The lowest BCUT2D eigenvalue weighted by Gasteiger charge is -2.17. The number of hydrogen-bond donors (Lipinski definition) is 1. The maximum Gasteiger partial charge on any atom is 0.217 e. The topological polar surface area (TPSA) is 29.1 Å². The largest absolute Gasteiger partial charge is 0.346 e. The molecule has 0 radical (unpaired) electrons. The molecule has 0 aromatic heterocycles. The van der Waals surface area contributed by atoms with Crippen LogP contribution in [0.5, 0.6) is 0 Å². The predicted molar refractivity (Wildman–Crippen MR) is 93.8 cm³/mol. The van der Waals surface area contributed by atoms with Crippen LogP contribution in [-0.4, -0.2) is 5.91 Å². The summed E-state index contributed by atoms with van der Waals surface area (Å²) in [5, 5.41) is 5.45. The quantitative estimate of drug-likeness (QED) is 0.555. The van der Waals surface area contributed by atoms with E-state index in [1.807, 2.05) is 12.1 Å². The molecule has 1 atom stereocenters. The standard InChI is InChI=1S/C20H25NO/c1-3-4-5-6-7-15-20(21-16(2)22)19-14-10-12-17-11-8-9-13-18(17)19/h7-15,20H,3-6H2,1-2H3,(H,21,22)/b15-7+/t20-/m1/s1. The van der Waals surface area contributed by atoms with Crippen LogP contribution in [0.2, 0.25) is 0 Å². The molecule has 0 aliphatic rings. The van der Waals surface area contributed by atoms with Gasteiger partial charge in [0, 0.05) is 6.92 Å². The molecule has 0 aliphatic carbocycles. The summed E-state index contributed by atoms with van der Waals surface area (Å²) in [7, 11) is 0. The Morgan fingerprint density at radius 3 is 2.68 bits per heavy atom. The normalized spacial score (nSPS) is 12.6. The highest BCUT2D eigenvalue weighted by Crippen LogP contribution is 2.25. The van der Waals surface area contributed by atoms with Gasteiger partial charge in [0.1, 0.15) is 0 Å². The Morgan fingerprint density at radius 1 is 1.14 bits per heavy atom. The second-order valence-electron chi connectivity index (χ2n) is 5.67. The van der Waals surface area contributed by atoms with Crippen molar-refractivity contribution in [2.24, 2.45) is 0 Å². The van der Waals surface area contributed by atoms with Crippen molar-refractivity contribution >= 4 is 16.7 Å². The molecule has 1 amide bonds. The average Bonchev–Trinajstić information content (AvgIpc) is 2.53. The molecule has 2 aromatic rings. The molecule has 0 unspecified atom stereocenters. The molecule has 2 heteroatoms. The first-order valence-electron chi connectivity index (χ1n) is 8.13. The van der Waals surface area contributed by atoms with Crippen LogP contribution < -0.4 is 5.32 Å². The lowest BCUT2D eigenvalue weighted by molar-refractivity contribution is -0.119. The van der Waals surface area contributed by atoms with E-state index in [-0.39, 0.29) is 11.9 Å². The highest BCUT2D eigenvalue weighted by molar-refractivity contribution is 5.87. The summed E-state index contributed by atoms with van der Waals surface area (Å²) in [6.07, 6.45) is 9.07. The van der Waals surface area contributed by atoms with Gasteiger partial charge in [0.05, 0.1) is 6.04 Å². The van der Waals surface area contributed by atoms with E-state index >= 15 is 0 Å². The van der Waals surface area contributed by atoms with E-state index in [1.54, 1.807) is 6.92 Å². The second kappa shape index (κ2) is 8.38. The van der Waals surface area contributed by atoms with Crippen molar-refractivity contribution in [3.05, 3.63) is 60.2 Å². The summed E-state index contributed by atoms with van der Waals surface area (Å²) < 4.78 is 0. The number of rotatable bonds is 7. The zero-order valence-corrected chi connectivity index (χ0v) is 13.5. The maximum atomic E-state index is 11.6. The van der Waals surface area contributed by atoms with Crippen LogP contribution in [0.15, 0.2) is 54.6 Å². The lowest BCUT2D eigenvalue weighted by Crippen LogP contribution is -2.24. The molecule has 1 N–H and O–H groups in total. The number of benzene rings is 2. The highest BCUT2D eigenvalue weighted by atomic mass is 16.1. The fourth-order valence-corrected chi connectivity index (χ4v) is 2.71. The van der Waals surface area contributed by atoms with Crippen molar-refractivity contribution in [1.29, 1.82) is 0 Å². The van der Waals surface area contributed by atoms with Crippen LogP contribution >= 0.6 is 0 Å². The SMILES string of the molecule is CCCCC/C=C/[C@@H](NC(C)=O)c1cccc2ccccc12. The van der Waals surface area contributed by atoms with Crippen molar-refractivity contribution in [1.82, 2.24) is 5.32 Å². The monoisotopic (exact) mass is 295 g/mol. The molecule has 2 nitrogen and oxygen atoms in total. The van der Waals surface area contributed by atoms with Gasteiger partial charge in [0.25, 0.3) is 0 Å². The molecule has 0 spiro atoms. The van der Waals surface area contributed by atoms with Gasteiger partial charge in [-0.2, -0.15) is 0 Å². The first-order chi connectivity index (χ1) is 10.7. The van der Waals surface area contributed by atoms with Crippen LogP contribution in [0, 0.1) is 0 Å². The molecule has 0 bridgehead atoms. The van der Waals surface area contributed by atoms with Crippen LogP contribution in [0.1, 0.15) is 51.1 Å². The summed E-state index contributed by atoms with van der Waals surface area (Å²) in [6.45, 7) is 3.78. The minimum absolute atomic E-state index is 0.00357. The van der Waals surface area contributed by atoms with Crippen molar-refractivity contribution in [3.63, 3.8) is 0 Å². The molecular weight excluding hydrogens is 270 g/mol. The van der Waals surface area contributed by atoms with Crippen LogP contribution in [0.25, 0.3) is 10.8 Å². The van der Waals surface area contributed by atoms with E-state index in [9.17, 15) is 4.79 Å².